The van der Waals surface area contributed by atoms with Crippen molar-refractivity contribution in [3.8, 4) is 0 Å². The Morgan fingerprint density at radius 1 is 0.844 bits per heavy atom. The number of carbonyl (C=O) groups excluding carboxylic acids is 1. The molecule has 3 N–H and O–H groups in total. The van der Waals surface area contributed by atoms with Crippen LogP contribution in [0.25, 0.3) is 0 Å². The molecule has 1 saturated heterocycles. The van der Waals surface area contributed by atoms with Crippen molar-refractivity contribution in [3.05, 3.63) is 53.6 Å². The van der Waals surface area contributed by atoms with Crippen LogP contribution in [0.15, 0.2) is 42.5 Å². The zero-order chi connectivity index (χ0) is 22.5. The molecule has 0 atom stereocenters. The monoisotopic (exact) mass is 433 g/mol. The fourth-order valence-corrected chi connectivity index (χ4v) is 3.30. The van der Waals surface area contributed by atoms with Gasteiger partial charge in [0.15, 0.2) is 0 Å². The molecule has 32 heavy (non-hydrogen) atoms. The van der Waals surface area contributed by atoms with Crippen LogP contribution in [0.2, 0.25) is 0 Å². The number of nitrogens with zero attached hydrogens (tertiary/aromatic N) is 4. The summed E-state index contributed by atoms with van der Waals surface area (Å²) in [6.07, 6.45) is 0. The van der Waals surface area contributed by atoms with Crippen LogP contribution in [0.1, 0.15) is 18.1 Å². The molecule has 0 spiro atoms. The second-order valence-electron chi connectivity index (χ2n) is 7.69. The van der Waals surface area contributed by atoms with Gasteiger partial charge in [0.25, 0.3) is 0 Å². The van der Waals surface area contributed by atoms with Crippen LogP contribution in [-0.2, 0) is 9.53 Å². The summed E-state index contributed by atoms with van der Waals surface area (Å²) in [4.78, 5) is 27.2. The highest BCUT2D eigenvalue weighted by Gasteiger charge is 2.17. The van der Waals surface area contributed by atoms with Crippen molar-refractivity contribution in [2.24, 2.45) is 0 Å². The zero-order valence-electron chi connectivity index (χ0n) is 18.5. The van der Waals surface area contributed by atoms with Gasteiger partial charge >= 0.3 is 0 Å². The first-order valence-corrected chi connectivity index (χ1v) is 10.5. The largest absolute Gasteiger partial charge is 0.378 e. The number of hydrogen-bond donors (Lipinski definition) is 3. The lowest BCUT2D eigenvalue weighted by Gasteiger charge is -2.27. The Morgan fingerprint density at radius 3 is 2.06 bits per heavy atom. The molecule has 0 unspecified atom stereocenters. The fourth-order valence-electron chi connectivity index (χ4n) is 3.30. The minimum Gasteiger partial charge on any atom is -0.378 e. The molecule has 1 amide bonds. The lowest BCUT2D eigenvalue weighted by atomic mass is 10.1. The van der Waals surface area contributed by atoms with Crippen molar-refractivity contribution in [1.29, 1.82) is 0 Å². The van der Waals surface area contributed by atoms with Crippen molar-refractivity contribution in [1.82, 2.24) is 15.0 Å². The lowest BCUT2D eigenvalue weighted by molar-refractivity contribution is -0.114. The summed E-state index contributed by atoms with van der Waals surface area (Å²) in [5, 5.41) is 9.29. The summed E-state index contributed by atoms with van der Waals surface area (Å²) < 4.78 is 5.46. The average molecular weight is 434 g/mol. The van der Waals surface area contributed by atoms with Crippen molar-refractivity contribution < 1.29 is 9.53 Å². The Balaban J connectivity index is 1.60. The Morgan fingerprint density at radius 2 is 1.44 bits per heavy atom. The molecule has 0 aliphatic carbocycles. The SMILES string of the molecule is CC(=O)Nc1ccc(Nc2nc(Nc3ccc(C)c(C)c3)nc(N3CCOCC3)n2)cc1. The molecule has 4 rings (SSSR count). The van der Waals surface area contributed by atoms with Gasteiger partial charge in [-0.15, -0.1) is 0 Å². The van der Waals surface area contributed by atoms with Crippen LogP contribution < -0.4 is 20.9 Å². The average Bonchev–Trinajstić information content (AvgIpc) is 2.78. The molecular formula is C23H27N7O2. The van der Waals surface area contributed by atoms with E-state index in [0.29, 0.717) is 31.1 Å². The van der Waals surface area contributed by atoms with E-state index in [1.54, 1.807) is 0 Å². The van der Waals surface area contributed by atoms with E-state index in [1.807, 2.05) is 30.3 Å². The van der Waals surface area contributed by atoms with E-state index in [9.17, 15) is 4.79 Å². The summed E-state index contributed by atoms with van der Waals surface area (Å²) in [5.41, 5.74) is 4.86. The van der Waals surface area contributed by atoms with E-state index < -0.39 is 0 Å². The summed E-state index contributed by atoms with van der Waals surface area (Å²) in [6.45, 7) is 8.35. The van der Waals surface area contributed by atoms with Crippen molar-refractivity contribution in [2.75, 3.05) is 47.2 Å². The smallest absolute Gasteiger partial charge is 0.233 e. The molecule has 2 aromatic carbocycles. The number of hydrogen-bond acceptors (Lipinski definition) is 8. The Labute approximate surface area is 187 Å². The predicted molar refractivity (Wildman–Crippen MR) is 126 cm³/mol. The molecule has 9 heteroatoms. The van der Waals surface area contributed by atoms with Gasteiger partial charge in [-0.05, 0) is 61.4 Å². The van der Waals surface area contributed by atoms with Crippen molar-refractivity contribution in [2.45, 2.75) is 20.8 Å². The molecular weight excluding hydrogens is 406 g/mol. The number of benzene rings is 2. The van der Waals surface area contributed by atoms with E-state index in [0.717, 1.165) is 30.2 Å². The lowest BCUT2D eigenvalue weighted by Crippen LogP contribution is -2.37. The van der Waals surface area contributed by atoms with E-state index in [2.05, 4.69) is 61.8 Å². The number of anilines is 6. The van der Waals surface area contributed by atoms with E-state index in [-0.39, 0.29) is 5.91 Å². The summed E-state index contributed by atoms with van der Waals surface area (Å²) in [5.74, 6) is 1.37. The number of aryl methyl sites for hydroxylation is 2. The van der Waals surface area contributed by atoms with Crippen molar-refractivity contribution >= 4 is 40.8 Å². The van der Waals surface area contributed by atoms with Gasteiger partial charge in [0, 0.05) is 37.1 Å². The number of aromatic nitrogens is 3. The number of ether oxygens (including phenoxy) is 1. The van der Waals surface area contributed by atoms with E-state index in [1.165, 1.54) is 18.1 Å². The molecule has 0 bridgehead atoms. The number of nitrogens with one attached hydrogen (secondary N) is 3. The highest BCUT2D eigenvalue weighted by Crippen LogP contribution is 2.23. The molecule has 1 aromatic heterocycles. The van der Waals surface area contributed by atoms with Gasteiger partial charge in [-0.1, -0.05) is 6.07 Å². The molecule has 2 heterocycles. The highest BCUT2D eigenvalue weighted by atomic mass is 16.5. The van der Waals surface area contributed by atoms with E-state index >= 15 is 0 Å². The molecule has 0 saturated carbocycles. The van der Waals surface area contributed by atoms with Crippen LogP contribution in [0.5, 0.6) is 0 Å². The number of morpholine rings is 1. The van der Waals surface area contributed by atoms with Crippen molar-refractivity contribution in [3.63, 3.8) is 0 Å². The van der Waals surface area contributed by atoms with E-state index in [4.69, 9.17) is 4.74 Å². The van der Waals surface area contributed by atoms with Crippen LogP contribution in [-0.4, -0.2) is 47.2 Å². The summed E-state index contributed by atoms with van der Waals surface area (Å²) >= 11 is 0. The summed E-state index contributed by atoms with van der Waals surface area (Å²) in [7, 11) is 0. The number of rotatable bonds is 6. The van der Waals surface area contributed by atoms with Gasteiger partial charge in [-0.25, -0.2) is 0 Å². The Hall–Kier alpha value is -3.72. The van der Waals surface area contributed by atoms with Crippen LogP contribution in [0.4, 0.5) is 34.9 Å². The molecule has 1 aliphatic rings. The minimum atomic E-state index is -0.111. The zero-order valence-corrected chi connectivity index (χ0v) is 18.5. The normalized spacial score (nSPS) is 13.5. The topological polar surface area (TPSA) is 104 Å². The maximum absolute atomic E-state index is 11.2. The molecule has 3 aromatic rings. The standard InChI is InChI=1S/C23H27N7O2/c1-15-4-5-20(14-16(15)2)26-22-27-21(28-23(29-22)30-10-12-32-13-11-30)25-19-8-6-18(7-9-19)24-17(3)31/h4-9,14H,10-13H2,1-3H3,(H,24,31)(H2,25,26,27,28,29). The van der Waals surface area contributed by atoms with Crippen LogP contribution in [0.3, 0.4) is 0 Å². The predicted octanol–water partition coefficient (Wildman–Crippen LogP) is 3.77. The first-order chi connectivity index (χ1) is 15.5. The third kappa shape index (κ3) is 5.50. The Kier molecular flexibility index (Phi) is 6.46. The van der Waals surface area contributed by atoms with Gasteiger partial charge in [-0.2, -0.15) is 15.0 Å². The second kappa shape index (κ2) is 9.61. The first-order valence-electron chi connectivity index (χ1n) is 10.5. The maximum Gasteiger partial charge on any atom is 0.233 e. The molecule has 0 radical (unpaired) electrons. The maximum atomic E-state index is 11.2. The van der Waals surface area contributed by atoms with Gasteiger partial charge < -0.3 is 25.6 Å². The molecule has 1 aliphatic heterocycles. The third-order valence-corrected chi connectivity index (χ3v) is 5.14. The molecule has 9 nitrogen and oxygen atoms in total. The van der Waals surface area contributed by atoms with Gasteiger partial charge in [0.2, 0.25) is 23.8 Å². The quantitative estimate of drug-likeness (QED) is 0.540. The number of amides is 1. The van der Waals surface area contributed by atoms with Gasteiger partial charge in [-0.3, -0.25) is 4.79 Å². The molecule has 166 valence electrons. The first kappa shape index (κ1) is 21.5. The minimum absolute atomic E-state index is 0.111. The fraction of sp³-hybridized carbons (Fsp3) is 0.304. The third-order valence-electron chi connectivity index (χ3n) is 5.14. The number of carbonyl (C=O) groups is 1. The summed E-state index contributed by atoms with van der Waals surface area (Å²) in [6, 6.07) is 13.5. The van der Waals surface area contributed by atoms with Crippen LogP contribution >= 0.6 is 0 Å². The second-order valence-corrected chi connectivity index (χ2v) is 7.69. The highest BCUT2D eigenvalue weighted by molar-refractivity contribution is 5.88. The van der Waals surface area contributed by atoms with Gasteiger partial charge in [0.1, 0.15) is 0 Å². The molecule has 1 fully saturated rings. The Bertz CT molecular complexity index is 1100. The van der Waals surface area contributed by atoms with Gasteiger partial charge in [0.05, 0.1) is 13.2 Å². The van der Waals surface area contributed by atoms with Crippen LogP contribution in [0, 0.1) is 13.8 Å².